The molecule has 1 atom stereocenters. The molecule has 2 aromatic heterocycles. The third kappa shape index (κ3) is 2.33. The number of methoxy groups -OCH3 is 1. The molecule has 0 bridgehead atoms. The van der Waals surface area contributed by atoms with Gasteiger partial charge in [0.25, 0.3) is 5.56 Å². The average molecular weight is 259 g/mol. The van der Waals surface area contributed by atoms with E-state index in [1.165, 1.54) is 4.40 Å². The van der Waals surface area contributed by atoms with Gasteiger partial charge in [-0.3, -0.25) is 9.20 Å². The van der Waals surface area contributed by atoms with Crippen molar-refractivity contribution < 1.29 is 4.74 Å². The molecule has 3 rings (SSSR count). The van der Waals surface area contributed by atoms with Crippen LogP contribution in [0.15, 0.2) is 29.2 Å². The first-order chi connectivity index (χ1) is 9.28. The lowest BCUT2D eigenvalue weighted by Gasteiger charge is -2.22. The molecular weight excluding hydrogens is 242 g/mol. The normalized spacial score (nSPS) is 19.5. The van der Waals surface area contributed by atoms with Crippen molar-refractivity contribution in [1.29, 1.82) is 0 Å². The van der Waals surface area contributed by atoms with Crippen LogP contribution in [0.5, 0.6) is 5.75 Å². The number of piperidine rings is 1. The topological polar surface area (TPSA) is 55.6 Å². The Bertz CT molecular complexity index is 645. The molecule has 0 spiro atoms. The molecule has 3 heterocycles. The third-order valence-corrected chi connectivity index (χ3v) is 3.60. The highest BCUT2D eigenvalue weighted by Gasteiger charge is 2.17. The Labute approximate surface area is 111 Å². The summed E-state index contributed by atoms with van der Waals surface area (Å²) in [6, 6.07) is 5.29. The van der Waals surface area contributed by atoms with E-state index in [1.807, 2.05) is 12.1 Å². The first-order valence-electron chi connectivity index (χ1n) is 6.56. The second-order valence-corrected chi connectivity index (χ2v) is 4.86. The fraction of sp³-hybridized carbons (Fsp3) is 0.429. The SMILES string of the molecule is COc1ccc2nc(C3CCCNC3)cc(=O)n2c1. The molecule has 0 amide bonds. The lowest BCUT2D eigenvalue weighted by Crippen LogP contribution is -2.30. The lowest BCUT2D eigenvalue weighted by atomic mass is 9.96. The van der Waals surface area contributed by atoms with Crippen molar-refractivity contribution in [2.45, 2.75) is 18.8 Å². The summed E-state index contributed by atoms with van der Waals surface area (Å²) < 4.78 is 6.65. The highest BCUT2D eigenvalue weighted by Crippen LogP contribution is 2.21. The molecule has 1 aliphatic heterocycles. The number of rotatable bonds is 2. The van der Waals surface area contributed by atoms with Gasteiger partial charge >= 0.3 is 0 Å². The molecule has 1 fully saturated rings. The monoisotopic (exact) mass is 259 g/mol. The molecule has 1 aliphatic rings. The Kier molecular flexibility index (Phi) is 3.21. The van der Waals surface area contributed by atoms with Crippen LogP contribution in [0.1, 0.15) is 24.5 Å². The fourth-order valence-corrected chi connectivity index (χ4v) is 2.54. The Morgan fingerprint density at radius 2 is 2.37 bits per heavy atom. The van der Waals surface area contributed by atoms with Gasteiger partial charge in [-0.05, 0) is 31.5 Å². The zero-order chi connectivity index (χ0) is 13.2. The van der Waals surface area contributed by atoms with Gasteiger partial charge in [-0.1, -0.05) is 0 Å². The fourth-order valence-electron chi connectivity index (χ4n) is 2.54. The first kappa shape index (κ1) is 12.2. The van der Waals surface area contributed by atoms with Gasteiger partial charge in [-0.25, -0.2) is 4.98 Å². The van der Waals surface area contributed by atoms with Crippen LogP contribution in [-0.4, -0.2) is 29.6 Å². The quantitative estimate of drug-likeness (QED) is 0.879. The summed E-state index contributed by atoms with van der Waals surface area (Å²) in [6.45, 7) is 1.96. The highest BCUT2D eigenvalue weighted by atomic mass is 16.5. The third-order valence-electron chi connectivity index (χ3n) is 3.60. The molecule has 0 saturated carbocycles. The van der Waals surface area contributed by atoms with E-state index in [4.69, 9.17) is 4.74 Å². The lowest BCUT2D eigenvalue weighted by molar-refractivity contribution is 0.412. The zero-order valence-corrected chi connectivity index (χ0v) is 10.9. The van der Waals surface area contributed by atoms with Crippen molar-refractivity contribution in [3.8, 4) is 5.75 Å². The van der Waals surface area contributed by atoms with Crippen LogP contribution in [0, 0.1) is 0 Å². The second kappa shape index (κ2) is 5.01. The van der Waals surface area contributed by atoms with Gasteiger partial charge in [0, 0.05) is 18.5 Å². The predicted molar refractivity (Wildman–Crippen MR) is 72.9 cm³/mol. The van der Waals surface area contributed by atoms with E-state index in [-0.39, 0.29) is 5.56 Å². The van der Waals surface area contributed by atoms with E-state index < -0.39 is 0 Å². The Morgan fingerprint density at radius 3 is 3.11 bits per heavy atom. The zero-order valence-electron chi connectivity index (χ0n) is 10.9. The van der Waals surface area contributed by atoms with E-state index in [9.17, 15) is 4.79 Å². The standard InChI is InChI=1S/C14H17N3O2/c1-19-11-4-5-13-16-12(7-14(18)17(13)9-11)10-3-2-6-15-8-10/h4-5,7,9-10,15H,2-3,6,8H2,1H3. The minimum atomic E-state index is -0.0514. The molecule has 5 nitrogen and oxygen atoms in total. The van der Waals surface area contributed by atoms with Crippen LogP contribution in [0.3, 0.4) is 0 Å². The minimum Gasteiger partial charge on any atom is -0.495 e. The molecule has 100 valence electrons. The summed E-state index contributed by atoms with van der Waals surface area (Å²) in [5.74, 6) is 0.997. The summed E-state index contributed by atoms with van der Waals surface area (Å²) in [4.78, 5) is 16.8. The summed E-state index contributed by atoms with van der Waals surface area (Å²) >= 11 is 0. The van der Waals surface area contributed by atoms with Crippen molar-refractivity contribution in [2.75, 3.05) is 20.2 Å². The Morgan fingerprint density at radius 1 is 1.47 bits per heavy atom. The van der Waals surface area contributed by atoms with Crippen molar-refractivity contribution in [3.63, 3.8) is 0 Å². The van der Waals surface area contributed by atoms with E-state index in [0.717, 1.165) is 31.6 Å². The Hall–Kier alpha value is -1.88. The molecule has 2 aromatic rings. The Balaban J connectivity index is 2.06. The van der Waals surface area contributed by atoms with Gasteiger partial charge in [-0.2, -0.15) is 0 Å². The highest BCUT2D eigenvalue weighted by molar-refractivity contribution is 5.42. The minimum absolute atomic E-state index is 0.0514. The maximum atomic E-state index is 12.2. The number of hydrogen-bond acceptors (Lipinski definition) is 4. The number of aromatic nitrogens is 2. The van der Waals surface area contributed by atoms with Crippen molar-refractivity contribution >= 4 is 5.65 Å². The van der Waals surface area contributed by atoms with Crippen LogP contribution >= 0.6 is 0 Å². The van der Waals surface area contributed by atoms with Crippen LogP contribution in [0.25, 0.3) is 5.65 Å². The summed E-state index contributed by atoms with van der Waals surface area (Å²) in [5.41, 5.74) is 1.51. The smallest absolute Gasteiger partial charge is 0.258 e. The molecule has 19 heavy (non-hydrogen) atoms. The molecule has 1 saturated heterocycles. The van der Waals surface area contributed by atoms with Gasteiger partial charge < -0.3 is 10.1 Å². The molecule has 1 N–H and O–H groups in total. The average Bonchev–Trinajstić information content (AvgIpc) is 2.48. The molecular formula is C14H17N3O2. The number of nitrogens with zero attached hydrogens (tertiary/aromatic N) is 2. The molecule has 0 aliphatic carbocycles. The largest absolute Gasteiger partial charge is 0.495 e. The molecule has 1 unspecified atom stereocenters. The molecule has 0 aromatic carbocycles. The second-order valence-electron chi connectivity index (χ2n) is 4.86. The number of pyridine rings is 1. The summed E-state index contributed by atoms with van der Waals surface area (Å²) in [5, 5.41) is 3.35. The van der Waals surface area contributed by atoms with E-state index in [2.05, 4.69) is 10.3 Å². The maximum absolute atomic E-state index is 12.2. The van der Waals surface area contributed by atoms with Gasteiger partial charge in [0.05, 0.1) is 19.0 Å². The van der Waals surface area contributed by atoms with E-state index in [0.29, 0.717) is 17.3 Å². The first-order valence-corrected chi connectivity index (χ1v) is 6.56. The van der Waals surface area contributed by atoms with Gasteiger partial charge in [-0.15, -0.1) is 0 Å². The van der Waals surface area contributed by atoms with Gasteiger partial charge in [0.1, 0.15) is 11.4 Å². The molecule has 0 radical (unpaired) electrons. The van der Waals surface area contributed by atoms with Crippen molar-refractivity contribution in [3.05, 3.63) is 40.4 Å². The van der Waals surface area contributed by atoms with Crippen LogP contribution < -0.4 is 15.6 Å². The number of nitrogens with one attached hydrogen (secondary N) is 1. The van der Waals surface area contributed by atoms with Crippen LogP contribution in [0.4, 0.5) is 0 Å². The number of hydrogen-bond donors (Lipinski definition) is 1. The summed E-state index contributed by atoms with van der Waals surface area (Å²) in [7, 11) is 1.59. The van der Waals surface area contributed by atoms with E-state index in [1.54, 1.807) is 19.4 Å². The van der Waals surface area contributed by atoms with Gasteiger partial charge in [0.2, 0.25) is 0 Å². The van der Waals surface area contributed by atoms with E-state index >= 15 is 0 Å². The van der Waals surface area contributed by atoms with Crippen molar-refractivity contribution in [1.82, 2.24) is 14.7 Å². The maximum Gasteiger partial charge on any atom is 0.258 e. The number of ether oxygens (including phenoxy) is 1. The predicted octanol–water partition coefficient (Wildman–Crippen LogP) is 1.17. The van der Waals surface area contributed by atoms with Crippen LogP contribution in [0.2, 0.25) is 0 Å². The molecule has 5 heteroatoms. The van der Waals surface area contributed by atoms with Crippen molar-refractivity contribution in [2.24, 2.45) is 0 Å². The number of fused-ring (bicyclic) bond motifs is 1. The van der Waals surface area contributed by atoms with Gasteiger partial charge in [0.15, 0.2) is 0 Å². The summed E-state index contributed by atoms with van der Waals surface area (Å²) in [6.07, 6.45) is 3.90. The van der Waals surface area contributed by atoms with Crippen LogP contribution in [-0.2, 0) is 0 Å².